The van der Waals surface area contributed by atoms with Crippen molar-refractivity contribution in [3.05, 3.63) is 47.8 Å². The molecule has 368 valence electrons. The number of carboxylic acid groups (broad SMARTS) is 1. The van der Waals surface area contributed by atoms with E-state index in [2.05, 4.69) is 25.8 Å². The largest absolute Gasteiger partial charge is 1.00 e. The van der Waals surface area contributed by atoms with E-state index in [1.165, 1.54) is 24.0 Å². The molecular formula is C44H77ClN6O11S2. The molecule has 0 fully saturated rings. The molecule has 2 aromatic rings. The van der Waals surface area contributed by atoms with Gasteiger partial charge in [0.2, 0.25) is 5.91 Å². The molecule has 0 saturated heterocycles. The lowest BCUT2D eigenvalue weighted by molar-refractivity contribution is -0.419. The van der Waals surface area contributed by atoms with Gasteiger partial charge < -0.3 is 47.5 Å². The van der Waals surface area contributed by atoms with Crippen LogP contribution >= 0.6 is 27.0 Å². The van der Waals surface area contributed by atoms with Crippen molar-refractivity contribution in [2.24, 2.45) is 11.8 Å². The second-order valence-electron chi connectivity index (χ2n) is 16.7. The van der Waals surface area contributed by atoms with Crippen LogP contribution in [0.25, 0.3) is 0 Å². The van der Waals surface area contributed by atoms with Crippen LogP contribution in [0.3, 0.4) is 0 Å². The number of aromatic nitrogens is 2. The molecule has 2 aromatic heterocycles. The first-order chi connectivity index (χ1) is 28.3. The predicted molar refractivity (Wildman–Crippen MR) is 254 cm³/mol. The Morgan fingerprint density at radius 3 is 1.44 bits per heavy atom. The lowest BCUT2D eigenvalue weighted by atomic mass is 9.99. The average Bonchev–Trinajstić information content (AvgIpc) is 3.17. The van der Waals surface area contributed by atoms with Crippen molar-refractivity contribution in [3.8, 4) is 0 Å². The van der Waals surface area contributed by atoms with Gasteiger partial charge in [-0.05, 0) is 116 Å². The molecule has 0 unspecified atom stereocenters. The number of hydrogen-bond acceptors (Lipinski definition) is 12. The molecule has 2 heterocycles. The minimum absolute atomic E-state index is 0. The number of esters is 2. The smallest absolute Gasteiger partial charge is 0.416 e. The summed E-state index contributed by atoms with van der Waals surface area (Å²) in [7, 11) is 2.69. The number of anilines is 2. The SMILES string of the molecule is CC[C@H](C)[C@H](NC(=O)CCCN(C(=O)OC(C)(C)C)c1cc(C)ccn1)C(=O)OC.CC[C@H](C)[C@H]([NH3+])C(=O)OC.Cc1ccnc(N(CCCC(=O)O)C(=O)OC(C)(C)C)c1.S.S.[Cl-]. The third-order valence-electron chi connectivity index (χ3n) is 8.96. The normalized spacial score (nSPS) is 12.3. The van der Waals surface area contributed by atoms with Crippen molar-refractivity contribution < 1.29 is 71.0 Å². The molecule has 64 heavy (non-hydrogen) atoms. The van der Waals surface area contributed by atoms with E-state index < -0.39 is 41.4 Å². The summed E-state index contributed by atoms with van der Waals surface area (Å²) in [6.45, 7) is 22.9. The van der Waals surface area contributed by atoms with E-state index >= 15 is 0 Å². The molecule has 0 bridgehead atoms. The molecule has 4 atom stereocenters. The maximum atomic E-state index is 12.7. The number of quaternary nitrogens is 1. The summed E-state index contributed by atoms with van der Waals surface area (Å²) < 4.78 is 20.2. The third-order valence-corrected chi connectivity index (χ3v) is 8.96. The van der Waals surface area contributed by atoms with E-state index in [1.807, 2.05) is 53.7 Å². The van der Waals surface area contributed by atoms with Crippen molar-refractivity contribution in [2.75, 3.05) is 37.1 Å². The van der Waals surface area contributed by atoms with Gasteiger partial charge in [-0.3, -0.25) is 19.4 Å². The van der Waals surface area contributed by atoms with Gasteiger partial charge in [-0.25, -0.2) is 29.1 Å². The Morgan fingerprint density at radius 1 is 0.719 bits per heavy atom. The monoisotopic (exact) mass is 964 g/mol. The van der Waals surface area contributed by atoms with Crippen molar-refractivity contribution in [3.63, 3.8) is 0 Å². The fourth-order valence-corrected chi connectivity index (χ4v) is 5.06. The standard InChI is InChI=1S/C22H35N3O5.C15H22N2O4.C7H15NO2.ClH.2H2S/c1-8-16(3)19(20(27)29-7)24-18(26)10-9-13-25(21(28)30-22(4,5)6)17-14-15(2)11-12-23-17;1-11-7-8-16-12(10-11)17(9-5-6-13(18)19)14(20)21-15(2,3)4;1-4-5(2)6(8)7(9)10-3;;;/h11-12,14,16,19H,8-10,13H2,1-7H3,(H,24,26);7-8,10H,5-6,9H2,1-4H3,(H,18,19);5-6H,4,8H2,1-3H3;1H;2*1H2/t16-,19-;;5-,6-;;;/m0.0.../s1. The highest BCUT2D eigenvalue weighted by molar-refractivity contribution is 7.59. The Kier molecular flexibility index (Phi) is 34.4. The summed E-state index contributed by atoms with van der Waals surface area (Å²) >= 11 is 0. The van der Waals surface area contributed by atoms with Gasteiger partial charge in [0.25, 0.3) is 0 Å². The van der Waals surface area contributed by atoms with Crippen molar-refractivity contribution >= 4 is 74.6 Å². The van der Waals surface area contributed by atoms with E-state index in [-0.39, 0.29) is 89.2 Å². The molecule has 0 aliphatic carbocycles. The molecule has 0 aromatic carbocycles. The van der Waals surface area contributed by atoms with Gasteiger partial charge in [0.05, 0.1) is 14.2 Å². The zero-order valence-corrected chi connectivity index (χ0v) is 43.1. The lowest BCUT2D eigenvalue weighted by Crippen LogP contribution is -3.00. The lowest BCUT2D eigenvalue weighted by Gasteiger charge is -2.27. The van der Waals surface area contributed by atoms with E-state index in [0.717, 1.165) is 24.0 Å². The maximum absolute atomic E-state index is 12.7. The van der Waals surface area contributed by atoms with Crippen molar-refractivity contribution in [2.45, 2.75) is 145 Å². The second-order valence-corrected chi connectivity index (χ2v) is 16.7. The van der Waals surface area contributed by atoms with Crippen LogP contribution in [0.5, 0.6) is 0 Å². The number of nitrogens with one attached hydrogen (secondary N) is 1. The first-order valence-corrected chi connectivity index (χ1v) is 20.7. The number of halogens is 1. The topological polar surface area (TPSA) is 231 Å². The molecule has 0 radical (unpaired) electrons. The predicted octanol–water partition coefficient (Wildman–Crippen LogP) is 3.66. The van der Waals surface area contributed by atoms with Crippen LogP contribution < -0.4 is 33.3 Å². The molecule has 2 rings (SSSR count). The number of carboxylic acids is 1. The molecule has 5 N–H and O–H groups in total. The molecule has 0 spiro atoms. The molecular weight excluding hydrogens is 888 g/mol. The minimum atomic E-state index is -0.892. The number of hydrogen-bond donors (Lipinski definition) is 3. The number of aryl methyl sites for hydroxylation is 2. The number of carbonyl (C=O) groups is 6. The van der Waals surface area contributed by atoms with Crippen LogP contribution in [0.2, 0.25) is 0 Å². The number of nitrogens with zero attached hydrogens (tertiary/aromatic N) is 4. The summed E-state index contributed by atoms with van der Waals surface area (Å²) in [6, 6.07) is 6.33. The first kappa shape index (κ1) is 66.3. The zero-order chi connectivity index (χ0) is 47.1. The molecule has 3 amide bonds. The summed E-state index contributed by atoms with van der Waals surface area (Å²) in [5, 5.41) is 11.5. The van der Waals surface area contributed by atoms with Gasteiger partial charge in [0, 0.05) is 44.2 Å². The molecule has 0 saturated carbocycles. The number of rotatable bonds is 17. The number of carbonyl (C=O) groups excluding carboxylic acids is 5. The van der Waals surface area contributed by atoms with E-state index in [4.69, 9.17) is 19.3 Å². The maximum Gasteiger partial charge on any atom is 0.416 e. The van der Waals surface area contributed by atoms with Gasteiger partial charge in [0.15, 0.2) is 6.04 Å². The average molecular weight is 966 g/mol. The Morgan fingerprint density at radius 2 is 1.11 bits per heavy atom. The number of ether oxygens (including phenoxy) is 4. The number of methoxy groups -OCH3 is 2. The first-order valence-electron chi connectivity index (χ1n) is 20.7. The minimum Gasteiger partial charge on any atom is -1.00 e. The van der Waals surface area contributed by atoms with Crippen LogP contribution in [0.15, 0.2) is 36.7 Å². The van der Waals surface area contributed by atoms with Gasteiger partial charge >= 0.3 is 30.1 Å². The molecule has 17 nitrogen and oxygen atoms in total. The van der Waals surface area contributed by atoms with E-state index in [9.17, 15) is 28.8 Å². The summed E-state index contributed by atoms with van der Waals surface area (Å²) in [4.78, 5) is 82.0. The van der Waals surface area contributed by atoms with Crippen molar-refractivity contribution in [1.82, 2.24) is 15.3 Å². The van der Waals surface area contributed by atoms with Crippen LogP contribution in [0, 0.1) is 25.7 Å². The Hall–Kier alpha value is -4.33. The highest BCUT2D eigenvalue weighted by Crippen LogP contribution is 2.20. The fourth-order valence-electron chi connectivity index (χ4n) is 5.06. The Labute approximate surface area is 401 Å². The van der Waals surface area contributed by atoms with Gasteiger partial charge in [-0.2, -0.15) is 27.0 Å². The number of pyridine rings is 2. The van der Waals surface area contributed by atoms with Gasteiger partial charge in [-0.1, -0.05) is 34.1 Å². The quantitative estimate of drug-likeness (QED) is 0.152. The third kappa shape index (κ3) is 27.8. The molecule has 0 aliphatic heterocycles. The fraction of sp³-hybridized carbons (Fsp3) is 0.636. The number of amides is 3. The zero-order valence-electron chi connectivity index (χ0n) is 40.3. The summed E-state index contributed by atoms with van der Waals surface area (Å²) in [6.07, 6.45) is 4.74. The number of aliphatic carboxylic acids is 1. The summed E-state index contributed by atoms with van der Waals surface area (Å²) in [5.74, 6) is -0.635. The van der Waals surface area contributed by atoms with Crippen molar-refractivity contribution in [1.29, 1.82) is 0 Å². The Balaban J connectivity index is -0.000000461. The molecule has 0 aliphatic rings. The van der Waals surface area contributed by atoms with Crippen LogP contribution in [0.4, 0.5) is 21.2 Å². The van der Waals surface area contributed by atoms with Crippen LogP contribution in [-0.4, -0.2) is 102 Å². The highest BCUT2D eigenvalue weighted by Gasteiger charge is 2.28. The summed E-state index contributed by atoms with van der Waals surface area (Å²) in [5.41, 5.74) is 4.36. The van der Waals surface area contributed by atoms with Crippen LogP contribution in [0.1, 0.15) is 119 Å². The highest BCUT2D eigenvalue weighted by atomic mass is 35.5. The van der Waals surface area contributed by atoms with E-state index in [1.54, 1.807) is 66.1 Å². The Bertz CT molecular complexity index is 1710. The molecule has 20 heteroatoms. The second kappa shape index (κ2) is 33.2. The van der Waals surface area contributed by atoms with Gasteiger partial charge in [0.1, 0.15) is 28.9 Å². The van der Waals surface area contributed by atoms with Crippen LogP contribution in [-0.2, 0) is 38.1 Å². The van der Waals surface area contributed by atoms with E-state index in [0.29, 0.717) is 30.4 Å². The van der Waals surface area contributed by atoms with Gasteiger partial charge in [-0.15, -0.1) is 0 Å².